The second-order valence-corrected chi connectivity index (χ2v) is 4.04. The van der Waals surface area contributed by atoms with Gasteiger partial charge in [-0.15, -0.1) is 0 Å². The van der Waals surface area contributed by atoms with Crippen molar-refractivity contribution in [1.82, 2.24) is 4.98 Å². The van der Waals surface area contributed by atoms with Gasteiger partial charge >= 0.3 is 0 Å². The zero-order chi connectivity index (χ0) is 12.3. The van der Waals surface area contributed by atoms with Gasteiger partial charge in [0.25, 0.3) is 0 Å². The van der Waals surface area contributed by atoms with Gasteiger partial charge in [0.15, 0.2) is 0 Å². The van der Waals surface area contributed by atoms with Crippen LogP contribution in [0.4, 0.5) is 4.39 Å². The summed E-state index contributed by atoms with van der Waals surface area (Å²) in [5, 5.41) is 0.432. The molecule has 0 saturated heterocycles. The molecule has 0 unspecified atom stereocenters. The highest BCUT2D eigenvalue weighted by Crippen LogP contribution is 2.17. The van der Waals surface area contributed by atoms with Gasteiger partial charge in [0.2, 0.25) is 0 Å². The zero-order valence-electron chi connectivity index (χ0n) is 9.28. The number of benzene rings is 1. The van der Waals surface area contributed by atoms with Gasteiger partial charge in [-0.05, 0) is 42.8 Å². The predicted octanol–water partition coefficient (Wildman–Crippen LogP) is 3.76. The molecule has 0 fully saturated rings. The highest BCUT2D eigenvalue weighted by molar-refractivity contribution is 6.29. The highest BCUT2D eigenvalue weighted by atomic mass is 35.5. The fraction of sp³-hybridized carbons (Fsp3) is 0.154. The third kappa shape index (κ3) is 3.17. The van der Waals surface area contributed by atoms with Crippen LogP contribution in [0.5, 0.6) is 5.75 Å². The molecule has 1 heterocycles. The van der Waals surface area contributed by atoms with E-state index in [-0.39, 0.29) is 5.82 Å². The molecular formula is C13H11ClFNO. The van der Waals surface area contributed by atoms with Crippen LogP contribution in [-0.4, -0.2) is 4.98 Å². The van der Waals surface area contributed by atoms with Crippen LogP contribution < -0.4 is 4.74 Å². The molecule has 2 aromatic rings. The van der Waals surface area contributed by atoms with Gasteiger partial charge in [-0.1, -0.05) is 17.7 Å². The van der Waals surface area contributed by atoms with Crippen LogP contribution in [0, 0.1) is 12.7 Å². The summed E-state index contributed by atoms with van der Waals surface area (Å²) in [6, 6.07) is 9.96. The summed E-state index contributed by atoms with van der Waals surface area (Å²) < 4.78 is 18.5. The molecule has 0 aliphatic heterocycles. The summed E-state index contributed by atoms with van der Waals surface area (Å²) in [4.78, 5) is 4.09. The molecule has 0 aliphatic carbocycles. The Morgan fingerprint density at radius 2 is 2.12 bits per heavy atom. The number of hydrogen-bond acceptors (Lipinski definition) is 2. The Labute approximate surface area is 104 Å². The fourth-order valence-corrected chi connectivity index (χ4v) is 1.58. The van der Waals surface area contributed by atoms with Crippen molar-refractivity contribution in [2.45, 2.75) is 13.5 Å². The van der Waals surface area contributed by atoms with E-state index in [0.717, 1.165) is 5.69 Å². The Hall–Kier alpha value is -1.61. The molecule has 17 heavy (non-hydrogen) atoms. The van der Waals surface area contributed by atoms with E-state index in [1.165, 1.54) is 6.07 Å². The van der Waals surface area contributed by atoms with Crippen molar-refractivity contribution in [1.29, 1.82) is 0 Å². The molecule has 2 nitrogen and oxygen atoms in total. The van der Waals surface area contributed by atoms with Crippen molar-refractivity contribution < 1.29 is 9.13 Å². The minimum Gasteiger partial charge on any atom is -0.487 e. The van der Waals surface area contributed by atoms with E-state index in [2.05, 4.69) is 4.98 Å². The van der Waals surface area contributed by atoms with E-state index in [9.17, 15) is 4.39 Å². The molecule has 0 saturated carbocycles. The summed E-state index contributed by atoms with van der Waals surface area (Å²) in [6.07, 6.45) is 0. The minimum atomic E-state index is -0.238. The van der Waals surface area contributed by atoms with Gasteiger partial charge in [-0.3, -0.25) is 0 Å². The lowest BCUT2D eigenvalue weighted by Gasteiger charge is -2.07. The number of aryl methyl sites for hydroxylation is 1. The quantitative estimate of drug-likeness (QED) is 0.775. The Bertz CT molecular complexity index is 531. The fourth-order valence-electron chi connectivity index (χ4n) is 1.39. The number of nitrogens with zero attached hydrogens (tertiary/aromatic N) is 1. The molecule has 0 spiro atoms. The monoisotopic (exact) mass is 251 g/mol. The van der Waals surface area contributed by atoms with Crippen LogP contribution in [0.3, 0.4) is 0 Å². The molecule has 1 aromatic carbocycles. The Morgan fingerprint density at radius 3 is 2.82 bits per heavy atom. The van der Waals surface area contributed by atoms with Crippen LogP contribution >= 0.6 is 11.6 Å². The highest BCUT2D eigenvalue weighted by Gasteiger charge is 2.01. The number of hydrogen-bond donors (Lipinski definition) is 0. The van der Waals surface area contributed by atoms with Crippen molar-refractivity contribution in [2.75, 3.05) is 0 Å². The van der Waals surface area contributed by atoms with E-state index >= 15 is 0 Å². The van der Waals surface area contributed by atoms with Crippen molar-refractivity contribution >= 4 is 11.6 Å². The second-order valence-electron chi connectivity index (χ2n) is 3.65. The number of halogens is 2. The number of aromatic nitrogens is 1. The molecule has 88 valence electrons. The normalized spacial score (nSPS) is 10.3. The van der Waals surface area contributed by atoms with E-state index in [1.54, 1.807) is 25.1 Å². The summed E-state index contributed by atoms with van der Waals surface area (Å²) >= 11 is 5.76. The second kappa shape index (κ2) is 5.15. The maximum atomic E-state index is 13.0. The number of pyridine rings is 1. The largest absolute Gasteiger partial charge is 0.487 e. The van der Waals surface area contributed by atoms with Crippen LogP contribution in [0.25, 0.3) is 0 Å². The summed E-state index contributed by atoms with van der Waals surface area (Å²) in [5.41, 5.74) is 1.29. The van der Waals surface area contributed by atoms with Crippen LogP contribution in [0.15, 0.2) is 36.4 Å². The molecule has 0 amide bonds. The topological polar surface area (TPSA) is 22.1 Å². The maximum absolute atomic E-state index is 13.0. The molecule has 0 radical (unpaired) electrons. The average Bonchev–Trinajstić information content (AvgIpc) is 2.31. The average molecular weight is 252 g/mol. The Balaban J connectivity index is 2.05. The summed E-state index contributed by atoms with van der Waals surface area (Å²) in [6.45, 7) is 2.01. The number of rotatable bonds is 3. The maximum Gasteiger partial charge on any atom is 0.130 e. The molecule has 0 N–H and O–H groups in total. The molecular weight excluding hydrogens is 241 g/mol. The van der Waals surface area contributed by atoms with Gasteiger partial charge in [-0.2, -0.15) is 0 Å². The first-order valence-corrected chi connectivity index (χ1v) is 5.53. The van der Waals surface area contributed by atoms with E-state index in [0.29, 0.717) is 23.1 Å². The first kappa shape index (κ1) is 11.9. The zero-order valence-corrected chi connectivity index (χ0v) is 10.0. The molecule has 0 bridgehead atoms. The van der Waals surface area contributed by atoms with Crippen LogP contribution in [0.1, 0.15) is 11.3 Å². The van der Waals surface area contributed by atoms with Gasteiger partial charge in [0, 0.05) is 0 Å². The third-order valence-electron chi connectivity index (χ3n) is 2.29. The lowest BCUT2D eigenvalue weighted by atomic mass is 10.2. The standard InChI is InChI=1S/C13H11ClFNO/c1-9-7-11(5-6-12(9)15)17-8-10-3-2-4-13(14)16-10/h2-7H,8H2,1H3. The van der Waals surface area contributed by atoms with Crippen molar-refractivity contribution in [3.05, 3.63) is 58.6 Å². The van der Waals surface area contributed by atoms with Crippen LogP contribution in [0.2, 0.25) is 5.15 Å². The molecule has 1 aromatic heterocycles. The molecule has 0 aliphatic rings. The predicted molar refractivity (Wildman–Crippen MR) is 64.7 cm³/mol. The molecule has 0 atom stereocenters. The third-order valence-corrected chi connectivity index (χ3v) is 2.50. The lowest BCUT2D eigenvalue weighted by molar-refractivity contribution is 0.300. The van der Waals surface area contributed by atoms with E-state index in [1.807, 2.05) is 12.1 Å². The van der Waals surface area contributed by atoms with Crippen LogP contribution in [-0.2, 0) is 6.61 Å². The van der Waals surface area contributed by atoms with E-state index in [4.69, 9.17) is 16.3 Å². The summed E-state index contributed by atoms with van der Waals surface area (Å²) in [7, 11) is 0. The molecule has 4 heteroatoms. The first-order valence-electron chi connectivity index (χ1n) is 5.15. The van der Waals surface area contributed by atoms with Crippen molar-refractivity contribution in [3.8, 4) is 5.75 Å². The van der Waals surface area contributed by atoms with E-state index < -0.39 is 0 Å². The van der Waals surface area contributed by atoms with Crippen molar-refractivity contribution in [2.24, 2.45) is 0 Å². The van der Waals surface area contributed by atoms with Gasteiger partial charge in [0.1, 0.15) is 23.3 Å². The van der Waals surface area contributed by atoms with Gasteiger partial charge in [0.05, 0.1) is 5.69 Å². The smallest absolute Gasteiger partial charge is 0.130 e. The Kier molecular flexibility index (Phi) is 3.59. The number of ether oxygens (including phenoxy) is 1. The lowest BCUT2D eigenvalue weighted by Crippen LogP contribution is -1.98. The summed E-state index contributed by atoms with van der Waals surface area (Å²) in [5.74, 6) is 0.379. The van der Waals surface area contributed by atoms with Gasteiger partial charge < -0.3 is 4.74 Å². The molecule has 2 rings (SSSR count). The minimum absolute atomic E-state index is 0.238. The van der Waals surface area contributed by atoms with Gasteiger partial charge in [-0.25, -0.2) is 9.37 Å². The van der Waals surface area contributed by atoms with Crippen molar-refractivity contribution in [3.63, 3.8) is 0 Å². The first-order chi connectivity index (χ1) is 8.15. The SMILES string of the molecule is Cc1cc(OCc2cccc(Cl)n2)ccc1F. The Morgan fingerprint density at radius 1 is 1.29 bits per heavy atom.